The smallest absolute Gasteiger partial charge is 0.310 e. The molecule has 3 aromatic rings. The Kier molecular flexibility index (Phi) is 4.71. The van der Waals surface area contributed by atoms with E-state index in [1.807, 2.05) is 37.3 Å². The zero-order chi connectivity index (χ0) is 16.6. The normalized spacial score (nSPS) is 11.0. The number of esters is 1. The minimum absolute atomic E-state index is 0.228. The number of nitrogens with zero attached hydrogens (tertiary/aromatic N) is 1. The molecule has 0 unspecified atom stereocenters. The van der Waals surface area contributed by atoms with Crippen molar-refractivity contribution in [2.45, 2.75) is 13.3 Å². The summed E-state index contributed by atoms with van der Waals surface area (Å²) in [6, 6.07) is 9.64. The fourth-order valence-electron chi connectivity index (χ4n) is 2.57. The molecule has 3 rings (SSSR count). The van der Waals surface area contributed by atoms with Gasteiger partial charge in [0.05, 0.1) is 23.7 Å². The summed E-state index contributed by atoms with van der Waals surface area (Å²) in [7, 11) is 1.40. The first-order valence-electron chi connectivity index (χ1n) is 6.91. The topological polar surface area (TPSA) is 39.2 Å². The number of methoxy groups -OCH3 is 1. The number of aromatic nitrogens is 1. The van der Waals surface area contributed by atoms with Crippen LogP contribution in [0.15, 0.2) is 34.2 Å². The summed E-state index contributed by atoms with van der Waals surface area (Å²) in [6.07, 6.45) is 0.228. The van der Waals surface area contributed by atoms with Gasteiger partial charge in [0.15, 0.2) is 3.92 Å². The maximum absolute atomic E-state index is 11.8. The predicted octanol–water partition coefficient (Wildman–Crippen LogP) is 5.40. The van der Waals surface area contributed by atoms with Crippen LogP contribution >= 0.6 is 38.9 Å². The molecular weight excluding hydrogens is 398 g/mol. The fourth-order valence-corrected chi connectivity index (χ4v) is 4.24. The molecule has 0 N–H and O–H groups in total. The van der Waals surface area contributed by atoms with E-state index in [-0.39, 0.29) is 12.4 Å². The third-order valence-electron chi connectivity index (χ3n) is 3.67. The van der Waals surface area contributed by atoms with Crippen LogP contribution in [0.25, 0.3) is 21.3 Å². The third-order valence-corrected chi connectivity index (χ3v) is 5.46. The Hall–Kier alpha value is -1.43. The number of aryl methyl sites for hydroxylation is 1. The van der Waals surface area contributed by atoms with Crippen LogP contribution in [0.2, 0.25) is 5.02 Å². The van der Waals surface area contributed by atoms with Gasteiger partial charge in [0, 0.05) is 10.6 Å². The molecule has 0 aliphatic rings. The third kappa shape index (κ3) is 3.27. The van der Waals surface area contributed by atoms with Crippen molar-refractivity contribution >= 4 is 55.1 Å². The summed E-state index contributed by atoms with van der Waals surface area (Å²) in [6.45, 7) is 1.99. The van der Waals surface area contributed by atoms with Gasteiger partial charge in [0.1, 0.15) is 0 Å². The number of hydrogen-bond donors (Lipinski definition) is 0. The van der Waals surface area contributed by atoms with E-state index in [4.69, 9.17) is 16.3 Å². The minimum atomic E-state index is -0.258. The molecule has 0 bridgehead atoms. The standard InChI is InChI=1S/C17H13BrClNO2S/c1-9-7-13-16(23-17(18)20-13)15(12(9)8-14(21)22-2)10-3-5-11(19)6-4-10/h3-7H,8H2,1-2H3. The highest BCUT2D eigenvalue weighted by molar-refractivity contribution is 9.11. The summed E-state index contributed by atoms with van der Waals surface area (Å²) in [4.78, 5) is 16.4. The molecule has 0 amide bonds. The Morgan fingerprint density at radius 2 is 2.04 bits per heavy atom. The molecule has 1 aromatic heterocycles. The Balaban J connectivity index is 2.31. The molecule has 1 heterocycles. The first-order valence-corrected chi connectivity index (χ1v) is 8.89. The number of carbonyl (C=O) groups excluding carboxylic acids is 1. The summed E-state index contributed by atoms with van der Waals surface area (Å²) in [5, 5.41) is 0.678. The monoisotopic (exact) mass is 409 g/mol. The summed E-state index contributed by atoms with van der Waals surface area (Å²) in [5.74, 6) is -0.258. The van der Waals surface area contributed by atoms with Crippen LogP contribution in [-0.4, -0.2) is 18.1 Å². The Bertz CT molecular complexity index is 890. The zero-order valence-corrected chi connectivity index (χ0v) is 15.7. The molecule has 0 radical (unpaired) electrons. The second kappa shape index (κ2) is 6.59. The van der Waals surface area contributed by atoms with E-state index in [0.29, 0.717) is 5.02 Å². The molecule has 2 aromatic carbocycles. The molecule has 118 valence electrons. The molecule has 0 aliphatic carbocycles. The van der Waals surface area contributed by atoms with Crippen LogP contribution in [0.3, 0.4) is 0 Å². The Morgan fingerprint density at radius 3 is 2.70 bits per heavy atom. The van der Waals surface area contributed by atoms with Crippen LogP contribution in [0.1, 0.15) is 11.1 Å². The van der Waals surface area contributed by atoms with Gasteiger partial charge in [0.2, 0.25) is 0 Å². The van der Waals surface area contributed by atoms with Crippen molar-refractivity contribution in [3.63, 3.8) is 0 Å². The number of fused-ring (bicyclic) bond motifs is 1. The van der Waals surface area contributed by atoms with Gasteiger partial charge in [-0.1, -0.05) is 23.7 Å². The first-order chi connectivity index (χ1) is 11.0. The van der Waals surface area contributed by atoms with Gasteiger partial charge in [-0.3, -0.25) is 4.79 Å². The number of rotatable bonds is 3. The second-order valence-corrected chi connectivity index (χ2v) is 7.83. The molecule has 0 fully saturated rings. The summed E-state index contributed by atoms with van der Waals surface area (Å²) in [5.41, 5.74) is 4.93. The second-order valence-electron chi connectivity index (χ2n) is 5.12. The average molecular weight is 411 g/mol. The highest BCUT2D eigenvalue weighted by Crippen LogP contribution is 2.39. The van der Waals surface area contributed by atoms with E-state index in [1.54, 1.807) is 11.3 Å². The molecule has 0 atom stereocenters. The Morgan fingerprint density at radius 1 is 1.35 bits per heavy atom. The van der Waals surface area contributed by atoms with Crippen LogP contribution in [0.4, 0.5) is 0 Å². The van der Waals surface area contributed by atoms with Gasteiger partial charge in [0.25, 0.3) is 0 Å². The highest BCUT2D eigenvalue weighted by Gasteiger charge is 2.18. The van der Waals surface area contributed by atoms with Crippen molar-refractivity contribution in [1.82, 2.24) is 4.98 Å². The maximum atomic E-state index is 11.8. The molecule has 3 nitrogen and oxygen atoms in total. The van der Waals surface area contributed by atoms with E-state index in [2.05, 4.69) is 20.9 Å². The van der Waals surface area contributed by atoms with Crippen molar-refractivity contribution in [3.05, 3.63) is 50.4 Å². The SMILES string of the molecule is COC(=O)Cc1c(C)cc2nc(Br)sc2c1-c1ccc(Cl)cc1. The van der Waals surface area contributed by atoms with Gasteiger partial charge in [-0.25, -0.2) is 4.98 Å². The zero-order valence-electron chi connectivity index (χ0n) is 12.5. The van der Waals surface area contributed by atoms with E-state index in [9.17, 15) is 4.79 Å². The number of halogens is 2. The lowest BCUT2D eigenvalue weighted by Crippen LogP contribution is -2.07. The number of ether oxygens (including phenoxy) is 1. The molecule has 23 heavy (non-hydrogen) atoms. The maximum Gasteiger partial charge on any atom is 0.310 e. The molecular formula is C17H13BrClNO2S. The van der Waals surface area contributed by atoms with E-state index in [0.717, 1.165) is 36.4 Å². The van der Waals surface area contributed by atoms with Gasteiger partial charge < -0.3 is 4.74 Å². The quantitative estimate of drug-likeness (QED) is 0.542. The molecule has 0 saturated carbocycles. The van der Waals surface area contributed by atoms with Crippen molar-refractivity contribution in [3.8, 4) is 11.1 Å². The lowest BCUT2D eigenvalue weighted by molar-refractivity contribution is -0.139. The van der Waals surface area contributed by atoms with E-state index >= 15 is 0 Å². The predicted molar refractivity (Wildman–Crippen MR) is 98.2 cm³/mol. The van der Waals surface area contributed by atoms with Crippen LogP contribution in [-0.2, 0) is 16.0 Å². The molecule has 0 saturated heterocycles. The molecule has 0 aliphatic heterocycles. The minimum Gasteiger partial charge on any atom is -0.469 e. The van der Waals surface area contributed by atoms with E-state index < -0.39 is 0 Å². The first kappa shape index (κ1) is 16.4. The van der Waals surface area contributed by atoms with Gasteiger partial charge in [-0.05, 0) is 57.7 Å². The van der Waals surface area contributed by atoms with Crippen molar-refractivity contribution in [2.75, 3.05) is 7.11 Å². The highest BCUT2D eigenvalue weighted by atomic mass is 79.9. The van der Waals surface area contributed by atoms with Crippen LogP contribution in [0.5, 0.6) is 0 Å². The number of thiazole rings is 1. The van der Waals surface area contributed by atoms with Gasteiger partial charge >= 0.3 is 5.97 Å². The lowest BCUT2D eigenvalue weighted by Gasteiger charge is -2.13. The van der Waals surface area contributed by atoms with E-state index in [1.165, 1.54) is 7.11 Å². The Labute approximate surface area is 151 Å². The fraction of sp³-hybridized carbons (Fsp3) is 0.176. The lowest BCUT2D eigenvalue weighted by atomic mass is 9.93. The number of carbonyl (C=O) groups is 1. The van der Waals surface area contributed by atoms with Crippen molar-refractivity contribution < 1.29 is 9.53 Å². The van der Waals surface area contributed by atoms with Gasteiger partial charge in [-0.15, -0.1) is 11.3 Å². The van der Waals surface area contributed by atoms with Crippen molar-refractivity contribution in [1.29, 1.82) is 0 Å². The average Bonchev–Trinajstić information content (AvgIpc) is 2.88. The van der Waals surface area contributed by atoms with Crippen LogP contribution < -0.4 is 0 Å². The van der Waals surface area contributed by atoms with Gasteiger partial charge in [-0.2, -0.15) is 0 Å². The largest absolute Gasteiger partial charge is 0.469 e. The van der Waals surface area contributed by atoms with Crippen molar-refractivity contribution in [2.24, 2.45) is 0 Å². The van der Waals surface area contributed by atoms with Crippen LogP contribution in [0, 0.1) is 6.92 Å². The number of benzene rings is 2. The number of hydrogen-bond acceptors (Lipinski definition) is 4. The molecule has 0 spiro atoms. The summed E-state index contributed by atoms with van der Waals surface area (Å²) < 4.78 is 6.72. The molecule has 6 heteroatoms. The summed E-state index contributed by atoms with van der Waals surface area (Å²) >= 11 is 11.0.